The van der Waals surface area contributed by atoms with Crippen molar-refractivity contribution in [2.45, 2.75) is 50.8 Å². The van der Waals surface area contributed by atoms with E-state index in [-0.39, 0.29) is 11.2 Å². The predicted octanol–water partition coefficient (Wildman–Crippen LogP) is 5.47. The lowest BCUT2D eigenvalue weighted by Gasteiger charge is -2.09. The van der Waals surface area contributed by atoms with Crippen LogP contribution in [-0.2, 0) is 0 Å². The van der Waals surface area contributed by atoms with Gasteiger partial charge in [0, 0.05) is 0 Å². The van der Waals surface area contributed by atoms with Crippen LogP contribution in [0.5, 0.6) is 0 Å². The van der Waals surface area contributed by atoms with Crippen molar-refractivity contribution in [2.75, 3.05) is 0 Å². The maximum atomic E-state index is 12.7. The van der Waals surface area contributed by atoms with E-state index >= 15 is 0 Å². The van der Waals surface area contributed by atoms with Crippen molar-refractivity contribution in [3.8, 4) is 0 Å². The molecule has 90 valence electrons. The number of hydrogen-bond acceptors (Lipinski definition) is 0. The Bertz CT molecular complexity index is 281. The van der Waals surface area contributed by atoms with Crippen molar-refractivity contribution < 1.29 is 4.39 Å². The second kappa shape index (κ2) is 7.67. The number of halogens is 2. The van der Waals surface area contributed by atoms with Crippen LogP contribution < -0.4 is 0 Å². The van der Waals surface area contributed by atoms with E-state index in [4.69, 9.17) is 11.6 Å². The van der Waals surface area contributed by atoms with Gasteiger partial charge in [0.05, 0.1) is 5.38 Å². The Balaban J connectivity index is 2.24. The summed E-state index contributed by atoms with van der Waals surface area (Å²) in [5.41, 5.74) is 1.03. The maximum absolute atomic E-state index is 12.7. The van der Waals surface area contributed by atoms with Crippen LogP contribution in [0.2, 0.25) is 0 Å². The van der Waals surface area contributed by atoms with E-state index in [0.717, 1.165) is 18.4 Å². The summed E-state index contributed by atoms with van der Waals surface area (Å²) in [6.07, 6.45) is 7.26. The molecule has 1 aromatic rings. The van der Waals surface area contributed by atoms with Crippen LogP contribution in [0.15, 0.2) is 24.3 Å². The van der Waals surface area contributed by atoms with Gasteiger partial charge in [-0.15, -0.1) is 11.6 Å². The molecule has 0 aromatic heterocycles. The monoisotopic (exact) mass is 242 g/mol. The van der Waals surface area contributed by atoms with Gasteiger partial charge >= 0.3 is 0 Å². The Hall–Kier alpha value is -0.560. The molecule has 1 atom stereocenters. The highest BCUT2D eigenvalue weighted by Crippen LogP contribution is 2.26. The van der Waals surface area contributed by atoms with Gasteiger partial charge in [-0.3, -0.25) is 0 Å². The normalized spacial score (nSPS) is 12.7. The number of alkyl halides is 1. The quantitative estimate of drug-likeness (QED) is 0.440. The zero-order valence-electron chi connectivity index (χ0n) is 9.89. The average molecular weight is 243 g/mol. The molecule has 0 fully saturated rings. The van der Waals surface area contributed by atoms with Gasteiger partial charge in [-0.1, -0.05) is 51.2 Å². The minimum atomic E-state index is -0.199. The molecule has 1 rings (SSSR count). The maximum Gasteiger partial charge on any atom is 0.123 e. The first-order valence-corrected chi connectivity index (χ1v) is 6.57. The molecular weight excluding hydrogens is 223 g/mol. The lowest BCUT2D eigenvalue weighted by atomic mass is 10.0. The lowest BCUT2D eigenvalue weighted by Crippen LogP contribution is -1.91. The van der Waals surface area contributed by atoms with Crippen molar-refractivity contribution in [1.82, 2.24) is 0 Å². The summed E-state index contributed by atoms with van der Waals surface area (Å²) >= 11 is 6.25. The first-order valence-electron chi connectivity index (χ1n) is 6.13. The third-order valence-electron chi connectivity index (χ3n) is 2.79. The summed E-state index contributed by atoms with van der Waals surface area (Å²) in [4.78, 5) is 0. The van der Waals surface area contributed by atoms with Crippen LogP contribution in [0, 0.1) is 5.82 Å². The second-order valence-corrected chi connectivity index (χ2v) is 4.75. The fourth-order valence-corrected chi connectivity index (χ4v) is 2.07. The smallest absolute Gasteiger partial charge is 0.123 e. The molecule has 0 aliphatic heterocycles. The molecule has 0 aliphatic carbocycles. The van der Waals surface area contributed by atoms with Gasteiger partial charge in [0.15, 0.2) is 0 Å². The largest absolute Gasteiger partial charge is 0.207 e. The number of hydrogen-bond donors (Lipinski definition) is 0. The van der Waals surface area contributed by atoms with E-state index in [2.05, 4.69) is 6.92 Å². The van der Waals surface area contributed by atoms with Crippen molar-refractivity contribution in [3.05, 3.63) is 35.6 Å². The topological polar surface area (TPSA) is 0 Å². The van der Waals surface area contributed by atoms with Gasteiger partial charge < -0.3 is 0 Å². The summed E-state index contributed by atoms with van der Waals surface area (Å²) in [6, 6.07) is 6.50. The van der Waals surface area contributed by atoms with Gasteiger partial charge in [0.2, 0.25) is 0 Å². The molecule has 0 radical (unpaired) electrons. The highest BCUT2D eigenvalue weighted by Gasteiger charge is 2.07. The molecule has 0 amide bonds. The van der Waals surface area contributed by atoms with Crippen LogP contribution >= 0.6 is 11.6 Å². The van der Waals surface area contributed by atoms with E-state index in [1.807, 2.05) is 0 Å². The van der Waals surface area contributed by atoms with Crippen LogP contribution in [0.25, 0.3) is 0 Å². The lowest BCUT2D eigenvalue weighted by molar-refractivity contribution is 0.599. The highest BCUT2D eigenvalue weighted by molar-refractivity contribution is 6.20. The molecule has 0 spiro atoms. The fraction of sp³-hybridized carbons (Fsp3) is 0.571. The van der Waals surface area contributed by atoms with E-state index in [0.29, 0.717) is 0 Å². The molecule has 1 unspecified atom stereocenters. The number of unbranched alkanes of at least 4 members (excludes halogenated alkanes) is 4. The SMILES string of the molecule is CCCCCCCC(Cl)c1ccc(F)cc1. The summed E-state index contributed by atoms with van der Waals surface area (Å²) in [5.74, 6) is -0.199. The van der Waals surface area contributed by atoms with E-state index < -0.39 is 0 Å². The molecule has 0 aliphatic rings. The summed E-state index contributed by atoms with van der Waals surface area (Å²) in [7, 11) is 0. The van der Waals surface area contributed by atoms with Crippen LogP contribution in [-0.4, -0.2) is 0 Å². The van der Waals surface area contributed by atoms with Gasteiger partial charge in [-0.05, 0) is 24.1 Å². The van der Waals surface area contributed by atoms with Crippen LogP contribution in [0.3, 0.4) is 0 Å². The first kappa shape index (κ1) is 13.5. The number of benzene rings is 1. The molecular formula is C14H20ClF. The zero-order chi connectivity index (χ0) is 11.8. The Morgan fingerprint density at radius 3 is 2.31 bits per heavy atom. The standard InChI is InChI=1S/C14H20ClF/c1-2-3-4-5-6-7-14(15)12-8-10-13(16)11-9-12/h8-11,14H,2-7H2,1H3. The predicted molar refractivity (Wildman–Crippen MR) is 68.4 cm³/mol. The van der Waals surface area contributed by atoms with E-state index in [9.17, 15) is 4.39 Å². The Kier molecular flexibility index (Phi) is 6.47. The molecule has 2 heteroatoms. The third-order valence-corrected chi connectivity index (χ3v) is 3.26. The summed E-state index contributed by atoms with van der Waals surface area (Å²) in [5, 5.41) is 0.0298. The molecule has 0 bridgehead atoms. The summed E-state index contributed by atoms with van der Waals surface area (Å²) in [6.45, 7) is 2.21. The van der Waals surface area contributed by atoms with Gasteiger partial charge in [0.25, 0.3) is 0 Å². The molecule has 0 heterocycles. The fourth-order valence-electron chi connectivity index (χ4n) is 1.77. The van der Waals surface area contributed by atoms with E-state index in [1.54, 1.807) is 12.1 Å². The average Bonchev–Trinajstić information content (AvgIpc) is 2.29. The molecule has 1 aromatic carbocycles. The van der Waals surface area contributed by atoms with Crippen molar-refractivity contribution >= 4 is 11.6 Å². The Morgan fingerprint density at radius 2 is 1.69 bits per heavy atom. The van der Waals surface area contributed by atoms with E-state index in [1.165, 1.54) is 37.8 Å². The Morgan fingerprint density at radius 1 is 1.06 bits per heavy atom. The Labute approximate surface area is 103 Å². The molecule has 0 N–H and O–H groups in total. The van der Waals surface area contributed by atoms with Crippen molar-refractivity contribution in [1.29, 1.82) is 0 Å². The van der Waals surface area contributed by atoms with Crippen LogP contribution in [0.4, 0.5) is 4.39 Å². The zero-order valence-corrected chi connectivity index (χ0v) is 10.6. The minimum Gasteiger partial charge on any atom is -0.207 e. The van der Waals surface area contributed by atoms with Gasteiger partial charge in [-0.25, -0.2) is 4.39 Å². The van der Waals surface area contributed by atoms with Crippen LogP contribution in [0.1, 0.15) is 56.4 Å². The summed E-state index contributed by atoms with van der Waals surface area (Å²) < 4.78 is 12.7. The molecule has 0 saturated carbocycles. The minimum absolute atomic E-state index is 0.0298. The molecule has 0 nitrogen and oxygen atoms in total. The third kappa shape index (κ3) is 4.98. The molecule has 16 heavy (non-hydrogen) atoms. The van der Waals surface area contributed by atoms with Crippen molar-refractivity contribution in [3.63, 3.8) is 0 Å². The van der Waals surface area contributed by atoms with Gasteiger partial charge in [0.1, 0.15) is 5.82 Å². The van der Waals surface area contributed by atoms with Crippen molar-refractivity contribution in [2.24, 2.45) is 0 Å². The first-order chi connectivity index (χ1) is 7.74. The second-order valence-electron chi connectivity index (χ2n) is 4.22. The van der Waals surface area contributed by atoms with Gasteiger partial charge in [-0.2, -0.15) is 0 Å². The number of rotatable bonds is 7. The molecule has 0 saturated heterocycles. The highest BCUT2D eigenvalue weighted by atomic mass is 35.5.